The van der Waals surface area contributed by atoms with Crippen LogP contribution in [-0.2, 0) is 11.2 Å². The van der Waals surface area contributed by atoms with Crippen LogP contribution < -0.4 is 15.4 Å². The van der Waals surface area contributed by atoms with E-state index in [4.69, 9.17) is 4.74 Å². The maximum atomic E-state index is 14.2. The molecule has 27 heavy (non-hydrogen) atoms. The Morgan fingerprint density at radius 1 is 1.15 bits per heavy atom. The van der Waals surface area contributed by atoms with Gasteiger partial charge in [-0.3, -0.25) is 4.79 Å². The van der Waals surface area contributed by atoms with E-state index < -0.39 is 5.92 Å². The highest BCUT2D eigenvalue weighted by atomic mass is 19.3. The van der Waals surface area contributed by atoms with Crippen LogP contribution in [0.1, 0.15) is 12.0 Å². The normalized spacial score (nSPS) is 22.2. The zero-order valence-corrected chi connectivity index (χ0v) is 15.0. The summed E-state index contributed by atoms with van der Waals surface area (Å²) in [6, 6.07) is 12.6. The fourth-order valence-electron chi connectivity index (χ4n) is 3.92. The lowest BCUT2D eigenvalue weighted by Gasteiger charge is -2.31. The van der Waals surface area contributed by atoms with Gasteiger partial charge in [0.05, 0.1) is 19.8 Å². The van der Waals surface area contributed by atoms with Crippen molar-refractivity contribution >= 4 is 11.5 Å². The number of nitrogens with zero attached hydrogens (tertiary/aromatic N) is 2. The average molecular weight is 375 g/mol. The minimum atomic E-state index is -2.77. The Morgan fingerprint density at radius 3 is 2.63 bits per heavy atom. The first-order valence-corrected chi connectivity index (χ1v) is 9.26. The number of aromatic amines is 1. The summed E-state index contributed by atoms with van der Waals surface area (Å²) in [5.74, 6) is -2.31. The van der Waals surface area contributed by atoms with Gasteiger partial charge in [-0.15, -0.1) is 0 Å². The maximum Gasteiger partial charge on any atom is 0.267 e. The van der Waals surface area contributed by atoms with Crippen molar-refractivity contribution in [3.63, 3.8) is 0 Å². The number of aromatic nitrogens is 1. The lowest BCUT2D eigenvalue weighted by molar-refractivity contribution is 0.0224. The minimum Gasteiger partial charge on any atom is -0.378 e. The second-order valence-electron chi connectivity index (χ2n) is 7.22. The molecule has 7 heteroatoms. The van der Waals surface area contributed by atoms with Crippen molar-refractivity contribution in [3.8, 4) is 0 Å². The van der Waals surface area contributed by atoms with Crippen molar-refractivity contribution in [3.05, 3.63) is 58.4 Å². The fraction of sp³-hybridized carbons (Fsp3) is 0.450. The van der Waals surface area contributed by atoms with E-state index in [9.17, 15) is 13.6 Å². The van der Waals surface area contributed by atoms with Crippen LogP contribution in [0.5, 0.6) is 0 Å². The SMILES string of the molecule is O=c1cc(N2CCOCC2)cc(N2CC(F)(F)CC2Cc2ccccc2)[nH]1. The largest absolute Gasteiger partial charge is 0.378 e. The summed E-state index contributed by atoms with van der Waals surface area (Å²) in [6.07, 6.45) is 0.298. The van der Waals surface area contributed by atoms with Gasteiger partial charge in [0.2, 0.25) is 0 Å². The van der Waals surface area contributed by atoms with E-state index in [0.717, 1.165) is 11.3 Å². The Bertz CT molecular complexity index is 835. The second kappa shape index (κ2) is 7.31. The molecule has 3 heterocycles. The van der Waals surface area contributed by atoms with Crippen LogP contribution in [0.2, 0.25) is 0 Å². The third-order valence-electron chi connectivity index (χ3n) is 5.19. The highest BCUT2D eigenvalue weighted by molar-refractivity contribution is 5.56. The minimum absolute atomic E-state index is 0.217. The van der Waals surface area contributed by atoms with Crippen LogP contribution in [0.4, 0.5) is 20.3 Å². The zero-order chi connectivity index (χ0) is 18.9. The Kier molecular flexibility index (Phi) is 4.86. The van der Waals surface area contributed by atoms with Gasteiger partial charge in [-0.2, -0.15) is 0 Å². The van der Waals surface area contributed by atoms with Crippen LogP contribution in [0.3, 0.4) is 0 Å². The third kappa shape index (κ3) is 4.13. The number of rotatable bonds is 4. The molecule has 2 fully saturated rings. The molecule has 0 saturated carbocycles. The first-order valence-electron chi connectivity index (χ1n) is 9.26. The molecule has 1 atom stereocenters. The molecule has 4 rings (SSSR count). The van der Waals surface area contributed by atoms with Crippen LogP contribution in [-0.4, -0.2) is 49.8 Å². The number of halogens is 2. The number of morpholine rings is 1. The van der Waals surface area contributed by atoms with E-state index in [0.29, 0.717) is 38.5 Å². The smallest absolute Gasteiger partial charge is 0.267 e. The van der Waals surface area contributed by atoms with E-state index in [2.05, 4.69) is 9.88 Å². The molecule has 2 aromatic rings. The van der Waals surface area contributed by atoms with Crippen LogP contribution in [0.15, 0.2) is 47.3 Å². The molecule has 0 amide bonds. The Labute approximate surface area is 156 Å². The lowest BCUT2D eigenvalue weighted by atomic mass is 10.0. The van der Waals surface area contributed by atoms with Gasteiger partial charge >= 0.3 is 0 Å². The molecule has 1 unspecified atom stereocenters. The number of H-pyrrole nitrogens is 1. The number of hydrogen-bond acceptors (Lipinski definition) is 4. The van der Waals surface area contributed by atoms with Gasteiger partial charge in [-0.05, 0) is 12.0 Å². The molecule has 1 aromatic carbocycles. The van der Waals surface area contributed by atoms with Gasteiger partial charge in [0.1, 0.15) is 5.82 Å². The van der Waals surface area contributed by atoms with Crippen LogP contribution in [0, 0.1) is 0 Å². The van der Waals surface area contributed by atoms with Gasteiger partial charge < -0.3 is 19.5 Å². The molecule has 2 aliphatic heterocycles. The highest BCUT2D eigenvalue weighted by Crippen LogP contribution is 2.36. The van der Waals surface area contributed by atoms with Crippen molar-refractivity contribution in [2.45, 2.75) is 24.8 Å². The van der Waals surface area contributed by atoms with Crippen molar-refractivity contribution in [2.24, 2.45) is 0 Å². The number of alkyl halides is 2. The number of nitrogens with one attached hydrogen (secondary N) is 1. The Balaban J connectivity index is 1.63. The number of ether oxygens (including phenoxy) is 1. The van der Waals surface area contributed by atoms with Crippen LogP contribution >= 0.6 is 0 Å². The van der Waals surface area contributed by atoms with E-state index >= 15 is 0 Å². The number of benzene rings is 1. The summed E-state index contributed by atoms with van der Waals surface area (Å²) in [7, 11) is 0. The van der Waals surface area contributed by atoms with Crippen molar-refractivity contribution in [1.29, 1.82) is 0 Å². The van der Waals surface area contributed by atoms with Crippen molar-refractivity contribution in [2.75, 3.05) is 42.6 Å². The standard InChI is InChI=1S/C20H23F2N3O2/c21-20(22)13-17(10-15-4-2-1-3-5-15)25(14-20)18-11-16(12-19(26)23-18)24-6-8-27-9-7-24/h1-5,11-12,17H,6-10,13-14H2,(H,23,26). The van der Waals surface area contributed by atoms with Gasteiger partial charge in [0.25, 0.3) is 11.5 Å². The topological polar surface area (TPSA) is 48.6 Å². The Morgan fingerprint density at radius 2 is 1.89 bits per heavy atom. The quantitative estimate of drug-likeness (QED) is 0.893. The van der Waals surface area contributed by atoms with Gasteiger partial charge in [-0.1, -0.05) is 30.3 Å². The van der Waals surface area contributed by atoms with E-state index in [-0.39, 0.29) is 24.6 Å². The maximum absolute atomic E-state index is 14.2. The molecule has 5 nitrogen and oxygen atoms in total. The molecule has 0 bridgehead atoms. The lowest BCUT2D eigenvalue weighted by Crippen LogP contribution is -2.38. The molecule has 1 aromatic heterocycles. The van der Waals surface area contributed by atoms with E-state index in [1.807, 2.05) is 36.4 Å². The first-order chi connectivity index (χ1) is 13.0. The van der Waals surface area contributed by atoms with E-state index in [1.54, 1.807) is 4.90 Å². The summed E-state index contributed by atoms with van der Waals surface area (Å²) in [5, 5.41) is 0. The molecule has 0 aliphatic carbocycles. The number of hydrogen-bond donors (Lipinski definition) is 1. The van der Waals surface area contributed by atoms with Gasteiger partial charge in [0, 0.05) is 43.4 Å². The summed E-state index contributed by atoms with van der Waals surface area (Å²) in [4.78, 5) is 18.7. The molecule has 144 valence electrons. The monoisotopic (exact) mass is 375 g/mol. The average Bonchev–Trinajstić information content (AvgIpc) is 2.97. The fourth-order valence-corrected chi connectivity index (χ4v) is 3.92. The molecular weight excluding hydrogens is 352 g/mol. The highest BCUT2D eigenvalue weighted by Gasteiger charge is 2.45. The van der Waals surface area contributed by atoms with Gasteiger partial charge in [0.15, 0.2) is 0 Å². The number of pyridine rings is 1. The van der Waals surface area contributed by atoms with Crippen LogP contribution in [0.25, 0.3) is 0 Å². The predicted molar refractivity (Wildman–Crippen MR) is 101 cm³/mol. The third-order valence-corrected chi connectivity index (χ3v) is 5.19. The molecule has 2 saturated heterocycles. The van der Waals surface area contributed by atoms with E-state index in [1.165, 1.54) is 6.07 Å². The molecule has 2 aliphatic rings. The summed E-state index contributed by atoms with van der Waals surface area (Å²) >= 11 is 0. The van der Waals surface area contributed by atoms with Crippen molar-refractivity contribution < 1.29 is 13.5 Å². The van der Waals surface area contributed by atoms with Crippen molar-refractivity contribution in [1.82, 2.24) is 4.98 Å². The molecule has 0 radical (unpaired) electrons. The molecule has 1 N–H and O–H groups in total. The number of anilines is 2. The summed E-state index contributed by atoms with van der Waals surface area (Å²) in [5.41, 5.74) is 1.49. The molecular formula is C20H23F2N3O2. The summed E-state index contributed by atoms with van der Waals surface area (Å²) in [6.45, 7) is 2.19. The zero-order valence-electron chi connectivity index (χ0n) is 15.0. The second-order valence-corrected chi connectivity index (χ2v) is 7.22. The Hall–Kier alpha value is -2.41. The van der Waals surface area contributed by atoms with Gasteiger partial charge in [-0.25, -0.2) is 8.78 Å². The predicted octanol–water partition coefficient (Wildman–Crippen LogP) is 2.67. The first kappa shape index (κ1) is 18.0. The molecule has 0 spiro atoms. The summed E-state index contributed by atoms with van der Waals surface area (Å²) < 4.78 is 33.8.